The van der Waals surface area contributed by atoms with Crippen LogP contribution in [0.1, 0.15) is 55.4 Å². The number of hydrogen-bond acceptors (Lipinski definition) is 44. The number of primary sulfonamides is 2. The van der Waals surface area contributed by atoms with Crippen molar-refractivity contribution < 1.29 is 129 Å². The van der Waals surface area contributed by atoms with Gasteiger partial charge < -0.3 is 0 Å². The van der Waals surface area contributed by atoms with Crippen LogP contribution in [-0.4, -0.2) is 104 Å². The molecule has 0 bridgehead atoms. The molecule has 12 aromatic carbocycles. The predicted octanol–water partition coefficient (Wildman–Crippen LogP) is 18.8. The van der Waals surface area contributed by atoms with Gasteiger partial charge in [0, 0.05) is 100 Å². The van der Waals surface area contributed by atoms with E-state index in [4.69, 9.17) is 87.6 Å². The van der Waals surface area contributed by atoms with Crippen molar-refractivity contribution >= 4 is 212 Å². The van der Waals surface area contributed by atoms with Crippen molar-refractivity contribution in [2.24, 2.45) is 28.0 Å². The van der Waals surface area contributed by atoms with Crippen LogP contribution in [0.5, 0.6) is 0 Å². The molecule has 0 fully saturated rings. The summed E-state index contributed by atoms with van der Waals surface area (Å²) in [5.74, 6) is 14.7. The molecule has 0 aliphatic heterocycles. The van der Waals surface area contributed by atoms with Crippen LogP contribution in [0.25, 0.3) is 177 Å². The zero-order valence-electron chi connectivity index (χ0n) is 68.9. The lowest BCUT2D eigenvalue weighted by Gasteiger charge is -2.07. The molecule has 132 heavy (non-hydrogen) atoms. The van der Waals surface area contributed by atoms with Gasteiger partial charge in [-0.15, -0.1) is 45.3 Å². The molecule has 0 amide bonds. The van der Waals surface area contributed by atoms with Gasteiger partial charge in [0.15, 0.2) is 0 Å². The van der Waals surface area contributed by atoms with Gasteiger partial charge in [0.1, 0.15) is 0 Å². The van der Waals surface area contributed by atoms with Gasteiger partial charge in [-0.3, -0.25) is 9.11 Å². The molecule has 4 aromatic heterocycles. The molecule has 4 aliphatic carbocycles. The minimum absolute atomic E-state index is 0.0368. The van der Waals surface area contributed by atoms with Crippen molar-refractivity contribution in [3.05, 3.63) is 176 Å². The monoisotopic (exact) mass is 2010 g/mol. The maximum absolute atomic E-state index is 12.1. The Hall–Kier alpha value is -9.71. The number of benzene rings is 12. The molecule has 0 saturated carbocycles. The Balaban J connectivity index is 0.000000146. The molecule has 0 unspecified atom stereocenters. The van der Waals surface area contributed by atoms with Crippen LogP contribution in [0.4, 0.5) is 0 Å². The average molecular weight is 2010 g/mol. The summed E-state index contributed by atoms with van der Waals surface area (Å²) in [6, 6.07) is 48.2. The van der Waals surface area contributed by atoms with E-state index in [-0.39, 0.29) is 19.6 Å². The second-order valence-corrected chi connectivity index (χ2v) is 37.4. The Bertz CT molecular complexity index is 7140. The van der Waals surface area contributed by atoms with Crippen molar-refractivity contribution in [2.45, 2.75) is 109 Å². The van der Waals surface area contributed by atoms with Crippen LogP contribution in [-0.2, 0) is 106 Å². The summed E-state index contributed by atoms with van der Waals surface area (Å²) in [7, 11) is -16.8. The Kier molecular flexibility index (Phi) is 32.7. The fourth-order valence-corrected chi connectivity index (χ4v) is 19.5. The minimum Gasteiger partial charge on any atom is -0.282 e. The molecule has 688 valence electrons. The molecule has 16 aromatic rings. The molecule has 52 heteroatoms. The topological polar surface area (TPSA) is 620 Å². The van der Waals surface area contributed by atoms with Crippen LogP contribution < -0.4 is 28.0 Å². The van der Waals surface area contributed by atoms with Crippen LogP contribution in [0.15, 0.2) is 230 Å². The van der Waals surface area contributed by atoms with Crippen molar-refractivity contribution in [1.82, 2.24) is 39.9 Å². The van der Waals surface area contributed by atoms with Gasteiger partial charge in [-0.25, -0.2) is 88.0 Å². The fourth-order valence-electron chi connectivity index (χ4n) is 14.3. The molecule has 0 radical (unpaired) electrons. The van der Waals surface area contributed by atoms with Crippen LogP contribution >= 0.6 is 84.3 Å². The molecule has 4 heterocycles. The third-order valence-corrected chi connectivity index (χ3v) is 26.4. The molecule has 0 saturated heterocycles. The van der Waals surface area contributed by atoms with Crippen molar-refractivity contribution in [1.29, 1.82) is 0 Å². The van der Waals surface area contributed by atoms with E-state index in [1.807, 2.05) is 79.7 Å². The Labute approximate surface area is 778 Å². The lowest BCUT2D eigenvalue weighted by atomic mass is 10.0. The third-order valence-electron chi connectivity index (χ3n) is 18.9. The number of sulfonamides is 2. The standard InChI is InChI=1S/C18H12N4O7S3.2C18H11N3O8S3.C18H11N3O5S2.4C2H6/c19-26-28-31-10-3-8-4-11(32(20,24)25)7-13-16(8)12(5-10)17-18(13)21-14-2-1-9(30-29-27-23)6-15(14)22-17;19-26-28-31-10-3-8-4-11(32(23,24)25)7-13-16(8)12(5-10)17-18(13)20-14-2-1-9(30-29-27-22)6-15(14)21-17;19-26-28-30-9-1-2-14-15(6-9)21-17-12-5-10(31-29-27-22)3-8-4-11(32(23,24)25)7-13(16(8)12)18(17)20-14;19-28(23,24)11-6-9-2-1-3-12-16(9)13(8-11)18-17(12)21-15-7-10(27-26-25-22)4-5-14(15)20-18;4*1-2/h1-7,23H,19H2,(H2,20,24,25);2*1-7,22H,19H2,(H,23,24,25);1-8,22H,(H2,19,23,24);4*1-2H3. The van der Waals surface area contributed by atoms with Crippen LogP contribution in [0.3, 0.4) is 0 Å². The van der Waals surface area contributed by atoms with Gasteiger partial charge in [-0.05, 0) is 179 Å². The first-order chi connectivity index (χ1) is 63.6. The van der Waals surface area contributed by atoms with E-state index in [9.17, 15) is 42.8 Å². The molecular weight excluding hydrogens is 1940 g/mol. The van der Waals surface area contributed by atoms with Gasteiger partial charge in [0.05, 0.1) is 194 Å². The first kappa shape index (κ1) is 99.8. The minimum atomic E-state index is -4.48. The van der Waals surface area contributed by atoms with E-state index in [1.54, 1.807) is 115 Å². The molecule has 0 atom stereocenters. The third kappa shape index (κ3) is 21.2. The van der Waals surface area contributed by atoms with Gasteiger partial charge in [0.25, 0.3) is 20.2 Å². The quantitative estimate of drug-likeness (QED) is 0.0110. The number of aromatic nitrogens is 8. The number of hydrogen-bond donors (Lipinski definition) is 11. The largest absolute Gasteiger partial charge is 0.294 e. The van der Waals surface area contributed by atoms with E-state index < -0.39 is 40.3 Å². The zero-order valence-corrected chi connectivity index (χ0v) is 77.8. The molecule has 41 nitrogen and oxygen atoms in total. The van der Waals surface area contributed by atoms with Crippen molar-refractivity contribution in [2.75, 3.05) is 0 Å². The number of fused-ring (bicyclic) bond motifs is 16. The first-order valence-electron chi connectivity index (χ1n) is 38.0. The summed E-state index contributed by atoms with van der Waals surface area (Å²) < 4.78 is 147. The summed E-state index contributed by atoms with van der Waals surface area (Å²) in [5.41, 5.74) is 14.2. The molecule has 4 aliphatic rings. The number of rotatable bonds is 25. The lowest BCUT2D eigenvalue weighted by Crippen LogP contribution is -2.12. The lowest BCUT2D eigenvalue weighted by molar-refractivity contribution is -0.432. The zero-order chi connectivity index (χ0) is 94.8. The van der Waals surface area contributed by atoms with Gasteiger partial charge in [-0.2, -0.15) is 34.5 Å². The van der Waals surface area contributed by atoms with E-state index in [0.717, 1.165) is 105 Å². The molecular formula is C80H69N13O28S11. The van der Waals surface area contributed by atoms with E-state index in [2.05, 4.69) is 66.8 Å². The molecule has 20 rings (SSSR count). The second kappa shape index (κ2) is 43.3. The highest BCUT2D eigenvalue weighted by atomic mass is 32.2. The van der Waals surface area contributed by atoms with Crippen molar-refractivity contribution in [3.8, 4) is 90.1 Å². The Morgan fingerprint density at radius 2 is 0.477 bits per heavy atom. The first-order valence-corrected chi connectivity index (χ1v) is 49.2. The fraction of sp³-hybridized carbons (Fsp3) is 0.100. The smallest absolute Gasteiger partial charge is 0.282 e. The second-order valence-electron chi connectivity index (χ2n) is 26.0. The Morgan fingerprint density at radius 3 is 0.750 bits per heavy atom. The van der Waals surface area contributed by atoms with E-state index in [1.165, 1.54) is 36.4 Å². The Morgan fingerprint density at radius 1 is 0.250 bits per heavy atom. The summed E-state index contributed by atoms with van der Waals surface area (Å²) in [4.78, 5) is 53.8. The van der Waals surface area contributed by atoms with Gasteiger partial charge in [-0.1, -0.05) is 93.7 Å². The summed E-state index contributed by atoms with van der Waals surface area (Å²) in [6.07, 6.45) is 0. The normalized spacial score (nSPS) is 12.0. The van der Waals surface area contributed by atoms with E-state index >= 15 is 0 Å². The molecule has 0 spiro atoms. The highest BCUT2D eigenvalue weighted by Crippen LogP contribution is 2.54. The van der Waals surface area contributed by atoms with E-state index in [0.29, 0.717) is 191 Å². The summed E-state index contributed by atoms with van der Waals surface area (Å²) in [5, 5.41) is 64.3. The summed E-state index contributed by atoms with van der Waals surface area (Å²) in [6.45, 7) is 16.0. The highest BCUT2D eigenvalue weighted by molar-refractivity contribution is 7.96. The predicted molar refractivity (Wildman–Crippen MR) is 493 cm³/mol. The van der Waals surface area contributed by atoms with Crippen molar-refractivity contribution in [3.63, 3.8) is 0 Å². The summed E-state index contributed by atoms with van der Waals surface area (Å²) >= 11 is 5.72. The molecule has 16 N–H and O–H groups in total. The maximum atomic E-state index is 12.1. The van der Waals surface area contributed by atoms with Crippen LogP contribution in [0.2, 0.25) is 0 Å². The highest BCUT2D eigenvalue weighted by Gasteiger charge is 2.34. The van der Waals surface area contributed by atoms with Gasteiger partial charge in [0.2, 0.25) is 20.0 Å². The SMILES string of the molecule is CC.CC.CC.CC.NOOSc1cc2c3c(cc(S(=O)(=O)O)cc3c1)-c1nc3ccc(SOOO)cc3nc1-2.NOOSc1cc2c3c(cc(S(N)(=O)=O)cc3c1)-c1nc3ccc(SOOO)cc3nc1-2.NOOSc1ccc2nc3c(nc2c1)-c1cc(SOOO)cc2cc(S(=O)(=O)O)cc-3c12.NS(=O)(=O)c1cc2c3c(cccc3c1)-c1nc3cc(SOOO)ccc3nc1-2. The number of nitrogens with zero attached hydrogens (tertiary/aromatic N) is 8. The number of nitrogens with two attached hydrogens (primary N) is 5. The maximum Gasteiger partial charge on any atom is 0.294 e. The average Bonchev–Trinajstić information content (AvgIpc) is 1.59. The van der Waals surface area contributed by atoms with Crippen LogP contribution in [0, 0.1) is 0 Å². The van der Waals surface area contributed by atoms with Gasteiger partial charge >= 0.3 is 0 Å².